The minimum Gasteiger partial charge on any atom is -0.480 e. The molecular weight excluding hydrogens is 1360 g/mol. The Morgan fingerprint density at radius 1 is 0.548 bits per heavy atom. The molecule has 12 amide bonds. The standard InChI is InChI=1S/C67H98N20O17/c1-35(2)24-45(82-62(99)51-19-13-23-87(51)65(102)44(18-12-22-74-67(70)71)78-64(101)54(37(5)90)86-56(93)43(20-21-52(69)91)77-63(100)53(36(3)4)85-55(92)42(68)31-88)57(94)79-46(25-38-14-8-6-9-15-38)58(95)80-48(28-41-30-73-34-76-41)60(97)84-50(32-89)61(98)81-47(27-40-29-72-33-75-40)59(96)83-49(66(103)104)26-39-16-10-7-11-17-39/h6-11,14-17,29-30,33-37,42-51,53-54,88-90H,12-13,18-28,31-32,68H2,1-5H3,(H2,69,91)(H,72,75)(H,73,76)(H,77,100)(H,78,101)(H,79,94)(H,80,95)(H,81,98)(H,82,99)(H,83,96)(H,84,97)(H,85,92)(H,86,93)(H,103,104)(H4,70,71,74)/t37-,42+,43+,44+,45+,46+,47+,48+,49+,50+,51+,53+,54+/m1/s1. The van der Waals surface area contributed by atoms with Gasteiger partial charge in [-0.15, -0.1) is 0 Å². The van der Waals surface area contributed by atoms with Crippen LogP contribution in [0.15, 0.2) is 90.7 Å². The van der Waals surface area contributed by atoms with Gasteiger partial charge in [0.25, 0.3) is 0 Å². The van der Waals surface area contributed by atoms with Crippen molar-refractivity contribution in [2.45, 2.75) is 184 Å². The van der Waals surface area contributed by atoms with E-state index in [0.29, 0.717) is 22.5 Å². The van der Waals surface area contributed by atoms with Gasteiger partial charge in [0.1, 0.15) is 72.5 Å². The van der Waals surface area contributed by atoms with Gasteiger partial charge in [0, 0.05) is 69.0 Å². The SMILES string of the molecule is CC(C)C[C@H](NC(=O)[C@@H]1CCCN1C(=O)[C@H](CCCN=C(N)N)NC(=O)[C@@H](NC(=O)[C@H](CCC(N)=O)NC(=O)[C@@H](NC(=O)[C@@H](N)CO)C(C)C)[C@@H](C)O)C(=O)N[C@@H](Cc1ccccc1)C(=O)N[C@@H](Cc1cnc[nH]1)C(=O)N[C@@H](CO)C(=O)N[C@@H](Cc1cnc[nH]1)C(=O)N[C@@H](Cc1ccccc1)C(=O)O. The largest absolute Gasteiger partial charge is 0.480 e. The van der Waals surface area contributed by atoms with Crippen molar-refractivity contribution in [2.24, 2.45) is 39.8 Å². The number of guanidine groups is 1. The second-order valence-electron chi connectivity index (χ2n) is 26.0. The van der Waals surface area contributed by atoms with Crippen molar-refractivity contribution in [3.8, 4) is 0 Å². The van der Waals surface area contributed by atoms with Crippen molar-refractivity contribution < 1.29 is 82.8 Å². The Hall–Kier alpha value is -10.9. The van der Waals surface area contributed by atoms with Crippen LogP contribution in [0.4, 0.5) is 0 Å². The summed E-state index contributed by atoms with van der Waals surface area (Å²) < 4.78 is 0. The third kappa shape index (κ3) is 27.1. The number of aliphatic hydroxyl groups excluding tert-OH is 3. The fourth-order valence-electron chi connectivity index (χ4n) is 11.2. The molecule has 2 aromatic carbocycles. The molecule has 1 fully saturated rings. The summed E-state index contributed by atoms with van der Waals surface area (Å²) >= 11 is 0. The first-order valence-corrected chi connectivity index (χ1v) is 34.0. The lowest BCUT2D eigenvalue weighted by Crippen LogP contribution is -2.62. The molecule has 0 unspecified atom stereocenters. The lowest BCUT2D eigenvalue weighted by atomic mass is 10.00. The molecule has 4 aromatic rings. The van der Waals surface area contributed by atoms with E-state index in [0.717, 1.165) is 6.92 Å². The number of aliphatic imine (C=N–C) groups is 1. The Bertz CT molecular complexity index is 3540. The number of carbonyl (C=O) groups is 13. The molecule has 24 N–H and O–H groups in total. The Kier molecular flexibility index (Phi) is 33.7. The van der Waals surface area contributed by atoms with E-state index in [2.05, 4.69) is 78.1 Å². The van der Waals surface area contributed by atoms with Gasteiger partial charge in [0.15, 0.2) is 5.96 Å². The molecule has 568 valence electrons. The maximum atomic E-state index is 14.9. The average molecular weight is 1460 g/mol. The van der Waals surface area contributed by atoms with Crippen molar-refractivity contribution in [1.82, 2.24) is 78.0 Å². The van der Waals surface area contributed by atoms with E-state index in [4.69, 9.17) is 22.9 Å². The number of aliphatic hydroxyl groups is 3. The molecular formula is C67H98N20O17. The molecule has 0 spiro atoms. The number of imidazole rings is 2. The minimum absolute atomic E-state index is 0.0250. The molecule has 5 rings (SSSR count). The number of hydrogen-bond donors (Lipinski definition) is 20. The number of benzene rings is 2. The van der Waals surface area contributed by atoms with Gasteiger partial charge >= 0.3 is 5.97 Å². The second kappa shape index (κ2) is 41.9. The summed E-state index contributed by atoms with van der Waals surface area (Å²) in [6.07, 6.45) is 2.10. The Morgan fingerprint density at radius 3 is 1.48 bits per heavy atom. The van der Waals surface area contributed by atoms with Gasteiger partial charge in [0.05, 0.1) is 32.0 Å². The van der Waals surface area contributed by atoms with Gasteiger partial charge in [-0.05, 0) is 68.4 Å². The number of amides is 12. The number of aromatic nitrogens is 4. The van der Waals surface area contributed by atoms with Gasteiger partial charge < -0.3 is 111 Å². The summed E-state index contributed by atoms with van der Waals surface area (Å²) in [4.78, 5) is 199. The summed E-state index contributed by atoms with van der Waals surface area (Å²) in [5.74, 6) is -13.9. The predicted molar refractivity (Wildman–Crippen MR) is 373 cm³/mol. The fourth-order valence-corrected chi connectivity index (χ4v) is 11.2. The highest BCUT2D eigenvalue weighted by molar-refractivity contribution is 6.00. The van der Waals surface area contributed by atoms with E-state index in [-0.39, 0.29) is 82.8 Å². The lowest BCUT2D eigenvalue weighted by molar-refractivity contribution is -0.143. The smallest absolute Gasteiger partial charge is 0.326 e. The number of likely N-dealkylation sites (tertiary alicyclic amines) is 1. The molecule has 0 bridgehead atoms. The Morgan fingerprint density at radius 2 is 1.01 bits per heavy atom. The minimum atomic E-state index is -1.85. The van der Waals surface area contributed by atoms with Crippen LogP contribution in [0.1, 0.15) is 102 Å². The van der Waals surface area contributed by atoms with E-state index in [1.165, 1.54) is 29.9 Å². The molecule has 104 heavy (non-hydrogen) atoms. The number of H-pyrrole nitrogens is 2. The van der Waals surface area contributed by atoms with Crippen molar-refractivity contribution in [2.75, 3.05) is 26.3 Å². The normalized spacial score (nSPS) is 16.1. The first-order chi connectivity index (χ1) is 49.4. The number of carboxylic acid groups (broad SMARTS) is 1. The van der Waals surface area contributed by atoms with Crippen LogP contribution in [0.5, 0.6) is 0 Å². The quantitative estimate of drug-likeness (QED) is 0.0111. The Balaban J connectivity index is 1.37. The Labute approximate surface area is 599 Å². The number of aromatic amines is 2. The third-order valence-electron chi connectivity index (χ3n) is 16.7. The molecule has 1 aliphatic heterocycles. The maximum absolute atomic E-state index is 14.9. The average Bonchev–Trinajstić information content (AvgIpc) is 1.72. The lowest BCUT2D eigenvalue weighted by Gasteiger charge is -2.32. The van der Waals surface area contributed by atoms with Gasteiger partial charge in [-0.25, -0.2) is 14.8 Å². The van der Waals surface area contributed by atoms with E-state index in [9.17, 15) is 82.8 Å². The number of hydrogen-bond acceptors (Lipinski definition) is 20. The second-order valence-corrected chi connectivity index (χ2v) is 26.0. The highest BCUT2D eigenvalue weighted by atomic mass is 16.4. The summed E-state index contributed by atoms with van der Waals surface area (Å²) in [5.41, 5.74) is 24.0. The summed E-state index contributed by atoms with van der Waals surface area (Å²) in [6.45, 7) is 5.93. The van der Waals surface area contributed by atoms with Crippen molar-refractivity contribution >= 4 is 82.8 Å². The zero-order chi connectivity index (χ0) is 76.7. The summed E-state index contributed by atoms with van der Waals surface area (Å²) in [5, 5.41) is 66.4. The van der Waals surface area contributed by atoms with Crippen LogP contribution in [0.3, 0.4) is 0 Å². The summed E-state index contributed by atoms with van der Waals surface area (Å²) in [6, 6.07) is -1.23. The first kappa shape index (κ1) is 83.7. The number of nitrogens with one attached hydrogen (secondary N) is 12. The van der Waals surface area contributed by atoms with Gasteiger partial charge in [-0.1, -0.05) is 88.4 Å². The zero-order valence-corrected chi connectivity index (χ0v) is 58.5. The van der Waals surface area contributed by atoms with Crippen LogP contribution in [0.2, 0.25) is 0 Å². The van der Waals surface area contributed by atoms with Gasteiger partial charge in [-0.2, -0.15) is 0 Å². The topological polar surface area (TPSA) is 600 Å². The molecule has 37 heteroatoms. The van der Waals surface area contributed by atoms with Crippen LogP contribution < -0.4 is 76.1 Å². The number of nitrogens with two attached hydrogens (primary N) is 4. The monoisotopic (exact) mass is 1450 g/mol. The van der Waals surface area contributed by atoms with Crippen molar-refractivity contribution in [3.63, 3.8) is 0 Å². The van der Waals surface area contributed by atoms with Gasteiger partial charge in [-0.3, -0.25) is 62.5 Å². The van der Waals surface area contributed by atoms with Crippen LogP contribution in [0.25, 0.3) is 0 Å². The van der Waals surface area contributed by atoms with Crippen molar-refractivity contribution in [1.29, 1.82) is 0 Å². The van der Waals surface area contributed by atoms with E-state index in [1.807, 2.05) is 0 Å². The van der Waals surface area contributed by atoms with Crippen molar-refractivity contribution in [3.05, 3.63) is 108 Å². The molecule has 0 radical (unpaired) electrons. The predicted octanol–water partition coefficient (Wildman–Crippen LogP) is -5.96. The number of nitrogens with zero attached hydrogens (tertiary/aromatic N) is 4. The van der Waals surface area contributed by atoms with E-state index >= 15 is 0 Å². The molecule has 3 heterocycles. The fraction of sp³-hybridized carbons (Fsp3) is 0.522. The third-order valence-corrected chi connectivity index (χ3v) is 16.7. The number of rotatable bonds is 43. The zero-order valence-electron chi connectivity index (χ0n) is 58.5. The molecule has 1 saturated heterocycles. The molecule has 2 aromatic heterocycles. The molecule has 1 aliphatic rings. The highest BCUT2D eigenvalue weighted by Crippen LogP contribution is 2.22. The van der Waals surface area contributed by atoms with Crippen LogP contribution >= 0.6 is 0 Å². The highest BCUT2D eigenvalue weighted by Gasteiger charge is 2.42. The van der Waals surface area contributed by atoms with Crippen LogP contribution in [0, 0.1) is 11.8 Å². The molecule has 0 saturated carbocycles. The van der Waals surface area contributed by atoms with E-state index < -0.39 is 187 Å². The van der Waals surface area contributed by atoms with Crippen LogP contribution in [-0.2, 0) is 88.0 Å². The molecule has 0 aliphatic carbocycles. The van der Waals surface area contributed by atoms with Crippen LogP contribution in [-0.4, -0.2) is 233 Å². The molecule has 13 atom stereocenters. The number of primary amides is 1. The summed E-state index contributed by atoms with van der Waals surface area (Å²) in [7, 11) is 0. The van der Waals surface area contributed by atoms with E-state index in [1.54, 1.807) is 88.4 Å². The van der Waals surface area contributed by atoms with Gasteiger partial charge in [0.2, 0.25) is 70.9 Å². The number of aliphatic carboxylic acids is 1. The number of carbonyl (C=O) groups excluding carboxylic acids is 12. The molecule has 37 nitrogen and oxygen atoms in total. The maximum Gasteiger partial charge on any atom is 0.326 e. The number of carboxylic acids is 1. The first-order valence-electron chi connectivity index (χ1n) is 34.0.